The number of amides is 1. The smallest absolute Gasteiger partial charge is 0.266 e. The molecule has 0 bridgehead atoms. The monoisotopic (exact) mass is 400 g/mol. The van der Waals surface area contributed by atoms with Crippen LogP contribution < -0.4 is 10.1 Å². The van der Waals surface area contributed by atoms with Crippen molar-refractivity contribution in [3.05, 3.63) is 57.6 Å². The Labute approximate surface area is 154 Å². The number of nitrogens with one attached hydrogen (secondary N) is 1. The summed E-state index contributed by atoms with van der Waals surface area (Å²) in [5, 5.41) is 21.9. The summed E-state index contributed by atoms with van der Waals surface area (Å²) >= 11 is 3.31. The predicted molar refractivity (Wildman–Crippen MR) is 100 cm³/mol. The Bertz CT molecular complexity index is 852. The zero-order valence-electron chi connectivity index (χ0n) is 13.8. The van der Waals surface area contributed by atoms with Crippen molar-refractivity contribution in [1.82, 2.24) is 0 Å². The Morgan fingerprint density at radius 2 is 2.04 bits per heavy atom. The average Bonchev–Trinajstić information content (AvgIpc) is 2.58. The van der Waals surface area contributed by atoms with Crippen LogP contribution in [0.15, 0.2) is 46.4 Å². The second-order valence-electron chi connectivity index (χ2n) is 5.26. The number of anilines is 1. The zero-order chi connectivity index (χ0) is 18.4. The Balaban J connectivity index is 2.30. The van der Waals surface area contributed by atoms with Crippen LogP contribution in [-0.4, -0.2) is 17.6 Å². The minimum atomic E-state index is -0.510. The molecule has 2 aromatic carbocycles. The van der Waals surface area contributed by atoms with Gasteiger partial charge in [0.15, 0.2) is 11.5 Å². The number of nitriles is 1. The number of benzene rings is 2. The maximum absolute atomic E-state index is 12.3. The van der Waals surface area contributed by atoms with Crippen LogP contribution in [0.3, 0.4) is 0 Å². The summed E-state index contributed by atoms with van der Waals surface area (Å²) in [6.07, 6.45) is 1.44. The molecule has 1 amide bonds. The van der Waals surface area contributed by atoms with E-state index in [1.165, 1.54) is 12.1 Å². The molecule has 0 radical (unpaired) electrons. The summed E-state index contributed by atoms with van der Waals surface area (Å²) in [5.41, 5.74) is 2.17. The molecule has 0 spiro atoms. The highest BCUT2D eigenvalue weighted by atomic mass is 79.9. The van der Waals surface area contributed by atoms with Gasteiger partial charge in [-0.2, -0.15) is 5.26 Å². The van der Waals surface area contributed by atoms with Gasteiger partial charge in [-0.15, -0.1) is 0 Å². The Morgan fingerprint density at radius 1 is 1.36 bits per heavy atom. The highest BCUT2D eigenvalue weighted by molar-refractivity contribution is 9.10. The largest absolute Gasteiger partial charge is 0.504 e. The molecule has 0 aliphatic carbocycles. The summed E-state index contributed by atoms with van der Waals surface area (Å²) in [4.78, 5) is 12.3. The average molecular weight is 401 g/mol. The number of hydrogen-bond acceptors (Lipinski definition) is 4. The van der Waals surface area contributed by atoms with E-state index >= 15 is 0 Å². The third-order valence-corrected chi connectivity index (χ3v) is 4.04. The van der Waals surface area contributed by atoms with Crippen molar-refractivity contribution in [3.63, 3.8) is 0 Å². The standard InChI is InChI=1S/C19H17BrN2O3/c1-3-25-18-9-13(16(20)10-17(18)23)8-14(11-21)19(24)22-15-6-4-12(2)5-7-15/h4-10,23H,3H2,1-2H3,(H,22,24). The van der Waals surface area contributed by atoms with Gasteiger partial charge in [0.1, 0.15) is 11.6 Å². The third kappa shape index (κ3) is 4.85. The van der Waals surface area contributed by atoms with Gasteiger partial charge in [-0.3, -0.25) is 4.79 Å². The van der Waals surface area contributed by atoms with Gasteiger partial charge in [0, 0.05) is 10.2 Å². The van der Waals surface area contributed by atoms with Gasteiger partial charge >= 0.3 is 0 Å². The Morgan fingerprint density at radius 3 is 2.64 bits per heavy atom. The number of carbonyl (C=O) groups excluding carboxylic acids is 1. The number of phenols is 1. The number of aryl methyl sites for hydroxylation is 1. The maximum Gasteiger partial charge on any atom is 0.266 e. The molecule has 0 heterocycles. The third-order valence-electron chi connectivity index (χ3n) is 3.35. The number of ether oxygens (including phenoxy) is 1. The fourth-order valence-corrected chi connectivity index (χ4v) is 2.53. The van der Waals surface area contributed by atoms with Crippen molar-refractivity contribution in [1.29, 1.82) is 5.26 Å². The van der Waals surface area contributed by atoms with E-state index in [-0.39, 0.29) is 17.1 Å². The molecule has 25 heavy (non-hydrogen) atoms. The van der Waals surface area contributed by atoms with Crippen molar-refractivity contribution in [3.8, 4) is 17.6 Å². The van der Waals surface area contributed by atoms with Crippen LogP contribution in [-0.2, 0) is 4.79 Å². The van der Waals surface area contributed by atoms with Crippen molar-refractivity contribution < 1.29 is 14.6 Å². The molecule has 0 aromatic heterocycles. The predicted octanol–water partition coefficient (Wildman–Crippen LogP) is 4.41. The number of halogens is 1. The molecule has 128 valence electrons. The van der Waals surface area contributed by atoms with Gasteiger partial charge in [-0.1, -0.05) is 33.6 Å². The molecular weight excluding hydrogens is 384 g/mol. The normalized spacial score (nSPS) is 10.9. The van der Waals surface area contributed by atoms with Crippen LogP contribution in [0.25, 0.3) is 6.08 Å². The lowest BCUT2D eigenvalue weighted by Crippen LogP contribution is -2.13. The molecule has 0 aliphatic rings. The van der Waals surface area contributed by atoms with Gasteiger partial charge in [-0.25, -0.2) is 0 Å². The highest BCUT2D eigenvalue weighted by Gasteiger charge is 2.13. The number of aromatic hydroxyl groups is 1. The second-order valence-corrected chi connectivity index (χ2v) is 6.12. The molecule has 2 N–H and O–H groups in total. The molecule has 0 unspecified atom stereocenters. The Kier molecular flexibility index (Phi) is 6.20. The van der Waals surface area contributed by atoms with E-state index in [4.69, 9.17) is 4.74 Å². The van der Waals surface area contributed by atoms with Crippen LogP contribution in [0.5, 0.6) is 11.5 Å². The molecular formula is C19H17BrN2O3. The molecule has 0 saturated carbocycles. The number of nitrogens with zero attached hydrogens (tertiary/aromatic N) is 1. The van der Waals surface area contributed by atoms with Crippen LogP contribution in [0.4, 0.5) is 5.69 Å². The first-order valence-corrected chi connectivity index (χ1v) is 8.39. The fraction of sp³-hybridized carbons (Fsp3) is 0.158. The van der Waals surface area contributed by atoms with Crippen molar-refractivity contribution in [2.75, 3.05) is 11.9 Å². The van der Waals surface area contributed by atoms with Crippen molar-refractivity contribution >= 4 is 33.6 Å². The topological polar surface area (TPSA) is 82.3 Å². The molecule has 0 atom stereocenters. The second kappa shape index (κ2) is 8.36. The zero-order valence-corrected chi connectivity index (χ0v) is 15.4. The minimum Gasteiger partial charge on any atom is -0.504 e. The summed E-state index contributed by atoms with van der Waals surface area (Å²) in [7, 11) is 0. The van der Waals surface area contributed by atoms with Gasteiger partial charge < -0.3 is 15.2 Å². The van der Waals surface area contributed by atoms with Crippen molar-refractivity contribution in [2.24, 2.45) is 0 Å². The number of rotatable bonds is 5. The first-order valence-electron chi connectivity index (χ1n) is 7.59. The van der Waals surface area contributed by atoms with Crippen molar-refractivity contribution in [2.45, 2.75) is 13.8 Å². The van der Waals surface area contributed by atoms with E-state index in [0.29, 0.717) is 22.3 Å². The molecule has 2 aromatic rings. The minimum absolute atomic E-state index is 0.0199. The van der Waals surface area contributed by atoms with Gasteiger partial charge in [-0.05, 0) is 49.8 Å². The summed E-state index contributed by atoms with van der Waals surface area (Å²) in [6.45, 7) is 4.13. The van der Waals surface area contributed by atoms with Gasteiger partial charge in [0.25, 0.3) is 5.91 Å². The summed E-state index contributed by atoms with van der Waals surface area (Å²) < 4.78 is 5.88. The summed E-state index contributed by atoms with van der Waals surface area (Å²) in [5.74, 6) is -0.244. The van der Waals surface area contributed by atoms with Crippen LogP contribution in [0.2, 0.25) is 0 Å². The van der Waals surface area contributed by atoms with E-state index in [9.17, 15) is 15.2 Å². The maximum atomic E-state index is 12.3. The summed E-state index contributed by atoms with van der Waals surface area (Å²) in [6, 6.07) is 12.2. The molecule has 0 fully saturated rings. The van der Waals surface area contributed by atoms with E-state index in [0.717, 1.165) is 5.56 Å². The first kappa shape index (κ1) is 18.6. The van der Waals surface area contributed by atoms with E-state index in [2.05, 4.69) is 21.2 Å². The fourth-order valence-electron chi connectivity index (χ4n) is 2.08. The van der Waals surface area contributed by atoms with Crippen LogP contribution in [0, 0.1) is 18.3 Å². The number of hydrogen-bond donors (Lipinski definition) is 2. The quantitative estimate of drug-likeness (QED) is 0.575. The Hall–Kier alpha value is -2.78. The first-order chi connectivity index (χ1) is 11.9. The molecule has 2 rings (SSSR count). The lowest BCUT2D eigenvalue weighted by molar-refractivity contribution is -0.112. The van der Waals surface area contributed by atoms with Crippen LogP contribution in [0.1, 0.15) is 18.1 Å². The van der Waals surface area contributed by atoms with E-state index in [1.807, 2.05) is 25.1 Å². The molecule has 6 heteroatoms. The van der Waals surface area contributed by atoms with Gasteiger partial charge in [0.05, 0.1) is 6.61 Å². The molecule has 0 saturated heterocycles. The lowest BCUT2D eigenvalue weighted by Gasteiger charge is -2.09. The van der Waals surface area contributed by atoms with E-state index in [1.54, 1.807) is 25.1 Å². The van der Waals surface area contributed by atoms with Crippen LogP contribution >= 0.6 is 15.9 Å². The lowest BCUT2D eigenvalue weighted by atomic mass is 10.1. The van der Waals surface area contributed by atoms with Gasteiger partial charge in [0.2, 0.25) is 0 Å². The van der Waals surface area contributed by atoms with E-state index < -0.39 is 5.91 Å². The molecule has 0 aliphatic heterocycles. The number of carbonyl (C=O) groups is 1. The highest BCUT2D eigenvalue weighted by Crippen LogP contribution is 2.33. The molecule has 5 nitrogen and oxygen atoms in total. The SMILES string of the molecule is CCOc1cc(C=C(C#N)C(=O)Nc2ccc(C)cc2)c(Br)cc1O. The number of phenolic OH excluding ortho intramolecular Hbond substituents is 1.